The van der Waals surface area contributed by atoms with Crippen LogP contribution in [0.2, 0.25) is 0 Å². The van der Waals surface area contributed by atoms with Crippen molar-refractivity contribution in [2.45, 2.75) is 30.7 Å². The topological polar surface area (TPSA) is 98.5 Å². The molecule has 0 bridgehead atoms. The summed E-state index contributed by atoms with van der Waals surface area (Å²) in [6.45, 7) is 2.18. The van der Waals surface area contributed by atoms with Crippen LogP contribution in [-0.2, 0) is 14.8 Å². The van der Waals surface area contributed by atoms with Gasteiger partial charge in [0.2, 0.25) is 10.0 Å². The smallest absolute Gasteiger partial charge is 0.338 e. The lowest BCUT2D eigenvalue weighted by molar-refractivity contribution is 0.0526. The van der Waals surface area contributed by atoms with Crippen molar-refractivity contribution >= 4 is 31.9 Å². The molecule has 0 saturated heterocycles. The van der Waals surface area contributed by atoms with E-state index in [0.29, 0.717) is 16.0 Å². The van der Waals surface area contributed by atoms with Crippen molar-refractivity contribution < 1.29 is 17.9 Å². The molecule has 0 aliphatic heterocycles. The summed E-state index contributed by atoms with van der Waals surface area (Å²) in [5, 5.41) is 0. The van der Waals surface area contributed by atoms with Gasteiger partial charge in [-0.15, -0.1) is 0 Å². The third-order valence-corrected chi connectivity index (χ3v) is 5.87. The molecule has 122 valence electrons. The maximum atomic E-state index is 12.3. The van der Waals surface area contributed by atoms with Crippen LogP contribution in [0.1, 0.15) is 30.1 Å². The molecule has 1 aromatic rings. The van der Waals surface area contributed by atoms with Gasteiger partial charge < -0.3 is 10.5 Å². The Kier molecular flexibility index (Phi) is 5.60. The van der Waals surface area contributed by atoms with E-state index < -0.39 is 16.0 Å². The fourth-order valence-corrected chi connectivity index (χ4v) is 4.18. The van der Waals surface area contributed by atoms with Crippen LogP contribution in [0.5, 0.6) is 0 Å². The summed E-state index contributed by atoms with van der Waals surface area (Å²) in [4.78, 5) is 11.7. The number of nitrogens with two attached hydrogens (primary N) is 1. The van der Waals surface area contributed by atoms with Gasteiger partial charge in [-0.05, 0) is 59.8 Å². The van der Waals surface area contributed by atoms with Crippen molar-refractivity contribution in [1.29, 1.82) is 0 Å². The fraction of sp³-hybridized carbons (Fsp3) is 0.500. The average molecular weight is 391 g/mol. The van der Waals surface area contributed by atoms with Crippen LogP contribution in [0.3, 0.4) is 0 Å². The van der Waals surface area contributed by atoms with Crippen LogP contribution in [0.25, 0.3) is 0 Å². The molecule has 22 heavy (non-hydrogen) atoms. The van der Waals surface area contributed by atoms with Gasteiger partial charge in [-0.25, -0.2) is 17.9 Å². The molecule has 1 fully saturated rings. The Labute approximate surface area is 138 Å². The Hall–Kier alpha value is -0.960. The van der Waals surface area contributed by atoms with Gasteiger partial charge in [0, 0.05) is 17.1 Å². The Morgan fingerprint density at radius 1 is 1.50 bits per heavy atom. The molecule has 1 aliphatic rings. The van der Waals surface area contributed by atoms with Crippen molar-refractivity contribution in [2.75, 3.05) is 13.2 Å². The van der Waals surface area contributed by atoms with Gasteiger partial charge in [0.25, 0.3) is 0 Å². The zero-order valence-electron chi connectivity index (χ0n) is 12.2. The number of hydrogen-bond donors (Lipinski definition) is 2. The van der Waals surface area contributed by atoms with E-state index in [9.17, 15) is 13.2 Å². The number of carbonyl (C=O) groups excluding carboxylic acids is 1. The van der Waals surface area contributed by atoms with E-state index in [1.54, 1.807) is 6.92 Å². The second kappa shape index (κ2) is 7.08. The zero-order valence-corrected chi connectivity index (χ0v) is 14.6. The Bertz CT molecular complexity index is 659. The Balaban J connectivity index is 2.11. The molecule has 0 radical (unpaired) electrons. The van der Waals surface area contributed by atoms with E-state index in [4.69, 9.17) is 10.5 Å². The van der Waals surface area contributed by atoms with Gasteiger partial charge in [0.15, 0.2) is 0 Å². The van der Waals surface area contributed by atoms with Crippen LogP contribution in [0, 0.1) is 5.92 Å². The van der Waals surface area contributed by atoms with Crippen LogP contribution in [0.15, 0.2) is 27.6 Å². The molecule has 0 amide bonds. The average Bonchev–Trinajstić information content (AvgIpc) is 3.29. The normalized spacial score (nSPS) is 16.3. The van der Waals surface area contributed by atoms with Crippen molar-refractivity contribution in [3.8, 4) is 0 Å². The molecule has 1 atom stereocenters. The minimum Gasteiger partial charge on any atom is -0.462 e. The third kappa shape index (κ3) is 4.28. The first-order valence-electron chi connectivity index (χ1n) is 7.07. The van der Waals surface area contributed by atoms with Crippen molar-refractivity contribution in [2.24, 2.45) is 11.7 Å². The predicted molar refractivity (Wildman–Crippen MR) is 86.0 cm³/mol. The van der Waals surface area contributed by atoms with Crippen molar-refractivity contribution in [3.05, 3.63) is 28.2 Å². The molecule has 3 N–H and O–H groups in total. The molecule has 1 saturated carbocycles. The van der Waals surface area contributed by atoms with Crippen molar-refractivity contribution in [3.63, 3.8) is 0 Å². The first-order chi connectivity index (χ1) is 10.3. The summed E-state index contributed by atoms with van der Waals surface area (Å²) in [7, 11) is -3.68. The van der Waals surface area contributed by atoms with Gasteiger partial charge in [0.1, 0.15) is 0 Å². The lowest BCUT2D eigenvalue weighted by Crippen LogP contribution is -2.38. The predicted octanol–water partition coefficient (Wildman–Crippen LogP) is 1.64. The van der Waals surface area contributed by atoms with Crippen LogP contribution >= 0.6 is 15.9 Å². The van der Waals surface area contributed by atoms with Gasteiger partial charge >= 0.3 is 5.97 Å². The van der Waals surface area contributed by atoms with Crippen LogP contribution in [0.4, 0.5) is 0 Å². The number of hydrogen-bond acceptors (Lipinski definition) is 5. The fourth-order valence-electron chi connectivity index (χ4n) is 2.03. The molecular formula is C14H19BrN2O4S. The summed E-state index contributed by atoms with van der Waals surface area (Å²) in [5.41, 5.74) is 6.19. The Morgan fingerprint density at radius 2 is 2.18 bits per heavy atom. The summed E-state index contributed by atoms with van der Waals surface area (Å²) in [6, 6.07) is 4.08. The number of rotatable bonds is 7. The van der Waals surface area contributed by atoms with E-state index in [1.807, 2.05) is 0 Å². The number of sulfonamides is 1. The molecule has 1 aromatic carbocycles. The van der Waals surface area contributed by atoms with Gasteiger partial charge in [-0.2, -0.15) is 0 Å². The Morgan fingerprint density at radius 3 is 2.73 bits per heavy atom. The molecule has 0 aromatic heterocycles. The summed E-state index contributed by atoms with van der Waals surface area (Å²) in [6.07, 6.45) is 2.11. The number of halogens is 1. The number of nitrogens with one attached hydrogen (secondary N) is 1. The molecule has 0 heterocycles. The van der Waals surface area contributed by atoms with Crippen molar-refractivity contribution in [1.82, 2.24) is 4.72 Å². The highest BCUT2D eigenvalue weighted by atomic mass is 79.9. The molecule has 6 nitrogen and oxygen atoms in total. The van der Waals surface area contributed by atoms with Gasteiger partial charge in [-0.1, -0.05) is 0 Å². The number of benzene rings is 1. The van der Waals surface area contributed by atoms with E-state index in [1.165, 1.54) is 18.2 Å². The summed E-state index contributed by atoms with van der Waals surface area (Å²) < 4.78 is 32.3. The first-order valence-corrected chi connectivity index (χ1v) is 9.34. The van der Waals surface area contributed by atoms with E-state index in [-0.39, 0.29) is 24.1 Å². The quantitative estimate of drug-likeness (QED) is 0.689. The SMILES string of the molecule is CCOC(=O)c1ccc(S(=O)(=O)NCC(N)C2CC2)c(Br)c1. The highest BCUT2D eigenvalue weighted by molar-refractivity contribution is 9.10. The highest BCUT2D eigenvalue weighted by Crippen LogP contribution is 2.31. The maximum absolute atomic E-state index is 12.3. The molecule has 0 spiro atoms. The zero-order chi connectivity index (χ0) is 16.3. The third-order valence-electron chi connectivity index (χ3n) is 3.47. The van der Waals surface area contributed by atoms with E-state index >= 15 is 0 Å². The lowest BCUT2D eigenvalue weighted by atomic mass is 10.2. The molecule has 1 aliphatic carbocycles. The number of carbonyl (C=O) groups is 1. The van der Waals surface area contributed by atoms with Gasteiger partial charge in [-0.3, -0.25) is 0 Å². The van der Waals surface area contributed by atoms with Gasteiger partial charge in [0.05, 0.1) is 17.1 Å². The standard InChI is InChI=1S/C14H19BrN2O4S/c1-2-21-14(18)10-5-6-13(11(15)7-10)22(19,20)17-8-12(16)9-3-4-9/h5-7,9,12,17H,2-4,8,16H2,1H3. The maximum Gasteiger partial charge on any atom is 0.338 e. The molecule has 1 unspecified atom stereocenters. The monoisotopic (exact) mass is 390 g/mol. The lowest BCUT2D eigenvalue weighted by Gasteiger charge is -2.13. The molecule has 8 heteroatoms. The highest BCUT2D eigenvalue weighted by Gasteiger charge is 2.29. The molecule has 2 rings (SSSR count). The molecular weight excluding hydrogens is 372 g/mol. The second-order valence-corrected chi connectivity index (χ2v) is 7.81. The summed E-state index contributed by atoms with van der Waals surface area (Å²) in [5.74, 6) is -0.0757. The second-order valence-electron chi connectivity index (χ2n) is 5.22. The minimum atomic E-state index is -3.68. The van der Waals surface area contributed by atoms with Crippen LogP contribution < -0.4 is 10.5 Å². The van der Waals surface area contributed by atoms with E-state index in [0.717, 1.165) is 12.8 Å². The summed E-state index contributed by atoms with van der Waals surface area (Å²) >= 11 is 3.19. The van der Waals surface area contributed by atoms with E-state index in [2.05, 4.69) is 20.7 Å². The minimum absolute atomic E-state index is 0.0727. The number of ether oxygens (including phenoxy) is 1. The first kappa shape index (κ1) is 17.4. The van der Waals surface area contributed by atoms with Crippen LogP contribution in [-0.4, -0.2) is 33.6 Å². The number of esters is 1. The largest absolute Gasteiger partial charge is 0.462 e.